The number of benzene rings is 2. The minimum absolute atomic E-state index is 0.112. The summed E-state index contributed by atoms with van der Waals surface area (Å²) in [6.45, 7) is 0. The Morgan fingerprint density at radius 2 is 1.87 bits per heavy atom. The van der Waals surface area contributed by atoms with Crippen LogP contribution in [0.3, 0.4) is 0 Å². The van der Waals surface area contributed by atoms with Crippen molar-refractivity contribution in [2.75, 3.05) is 26.2 Å². The summed E-state index contributed by atoms with van der Waals surface area (Å²) < 4.78 is 10.6. The van der Waals surface area contributed by atoms with Crippen LogP contribution in [-0.4, -0.2) is 38.3 Å². The van der Waals surface area contributed by atoms with Gasteiger partial charge >= 0.3 is 0 Å². The van der Waals surface area contributed by atoms with Crippen molar-refractivity contribution in [3.8, 4) is 17.6 Å². The standard InChI is InChI=1S/C22H21N3O4S/c1-24-20(26)16(13-23)22-25(17-6-4-5-7-18(17)29-3)21(27)19(30-22)12-14-8-10-15(28-2)11-9-14/h4-11,19H,12H2,1-3H3,(H,24,26)/b22-16+. The van der Waals surface area contributed by atoms with Crippen molar-refractivity contribution in [1.29, 1.82) is 5.26 Å². The summed E-state index contributed by atoms with van der Waals surface area (Å²) in [6.07, 6.45) is 0.440. The average Bonchev–Trinajstić information content (AvgIpc) is 3.09. The molecular weight excluding hydrogens is 402 g/mol. The SMILES string of the molecule is CNC(=O)/C(C#N)=C1/SC(Cc2ccc(OC)cc2)C(=O)N1c1ccccc1OC. The van der Waals surface area contributed by atoms with Gasteiger partial charge in [-0.2, -0.15) is 5.26 Å². The first-order valence-electron chi connectivity index (χ1n) is 9.17. The Morgan fingerprint density at radius 3 is 2.47 bits per heavy atom. The molecular formula is C22H21N3O4S. The third-order valence-electron chi connectivity index (χ3n) is 4.64. The van der Waals surface area contributed by atoms with Crippen LogP contribution in [0.2, 0.25) is 0 Å². The number of hydrogen-bond acceptors (Lipinski definition) is 6. The van der Waals surface area contributed by atoms with E-state index in [9.17, 15) is 14.9 Å². The summed E-state index contributed by atoms with van der Waals surface area (Å²) in [5.74, 6) is 0.444. The number of likely N-dealkylation sites (N-methyl/N-ethyl adjacent to an activating group) is 1. The molecule has 0 aliphatic carbocycles. The molecule has 1 aliphatic rings. The fourth-order valence-corrected chi connectivity index (χ4v) is 4.42. The van der Waals surface area contributed by atoms with Gasteiger partial charge in [-0.05, 0) is 36.2 Å². The minimum atomic E-state index is -0.544. The van der Waals surface area contributed by atoms with Crippen molar-refractivity contribution in [3.63, 3.8) is 0 Å². The van der Waals surface area contributed by atoms with E-state index in [1.165, 1.54) is 30.8 Å². The number of carbonyl (C=O) groups excluding carboxylic acids is 2. The molecule has 1 heterocycles. The molecule has 8 heteroatoms. The van der Waals surface area contributed by atoms with Crippen molar-refractivity contribution in [3.05, 3.63) is 64.7 Å². The van der Waals surface area contributed by atoms with Crippen molar-refractivity contribution in [2.24, 2.45) is 0 Å². The predicted octanol–water partition coefficient (Wildman–Crippen LogP) is 2.88. The summed E-state index contributed by atoms with van der Waals surface area (Å²) in [7, 11) is 4.55. The molecule has 0 spiro atoms. The van der Waals surface area contributed by atoms with Crippen LogP contribution in [0.15, 0.2) is 59.1 Å². The van der Waals surface area contributed by atoms with E-state index in [2.05, 4.69) is 5.32 Å². The monoisotopic (exact) mass is 423 g/mol. The Labute approximate surface area is 179 Å². The van der Waals surface area contributed by atoms with Gasteiger partial charge in [0.25, 0.3) is 5.91 Å². The van der Waals surface area contributed by atoms with Gasteiger partial charge in [0, 0.05) is 7.05 Å². The summed E-state index contributed by atoms with van der Waals surface area (Å²) in [4.78, 5) is 27.1. The van der Waals surface area contributed by atoms with E-state index >= 15 is 0 Å². The first-order valence-corrected chi connectivity index (χ1v) is 10.0. The van der Waals surface area contributed by atoms with Gasteiger partial charge in [0.05, 0.1) is 25.2 Å². The number of nitrogens with one attached hydrogen (secondary N) is 1. The number of ether oxygens (including phenoxy) is 2. The van der Waals surface area contributed by atoms with Crippen molar-refractivity contribution in [2.45, 2.75) is 11.7 Å². The molecule has 2 aromatic carbocycles. The lowest BCUT2D eigenvalue weighted by molar-refractivity contribution is -0.117. The van der Waals surface area contributed by atoms with Crippen LogP contribution in [0.5, 0.6) is 11.5 Å². The summed E-state index contributed by atoms with van der Waals surface area (Å²) in [5, 5.41) is 11.9. The van der Waals surface area contributed by atoms with E-state index in [0.29, 0.717) is 22.9 Å². The molecule has 1 saturated heterocycles. The Balaban J connectivity index is 2.05. The molecule has 3 rings (SSSR count). The molecule has 2 aromatic rings. The second-order valence-corrected chi connectivity index (χ2v) is 7.57. The summed E-state index contributed by atoms with van der Waals surface area (Å²) in [5.41, 5.74) is 1.32. The lowest BCUT2D eigenvalue weighted by atomic mass is 10.1. The molecule has 154 valence electrons. The Bertz CT molecular complexity index is 1030. The molecule has 0 radical (unpaired) electrons. The van der Waals surface area contributed by atoms with Gasteiger partial charge < -0.3 is 14.8 Å². The smallest absolute Gasteiger partial charge is 0.264 e. The lowest BCUT2D eigenvalue weighted by Gasteiger charge is -2.20. The van der Waals surface area contributed by atoms with Crippen LogP contribution in [0.1, 0.15) is 5.56 Å². The van der Waals surface area contributed by atoms with Crippen LogP contribution in [0.25, 0.3) is 0 Å². The largest absolute Gasteiger partial charge is 0.497 e. The Kier molecular flexibility index (Phi) is 6.65. The van der Waals surface area contributed by atoms with E-state index in [1.807, 2.05) is 30.3 Å². The van der Waals surface area contributed by atoms with E-state index in [4.69, 9.17) is 9.47 Å². The number of methoxy groups -OCH3 is 2. The van der Waals surface area contributed by atoms with Crippen molar-refractivity contribution >= 4 is 29.3 Å². The van der Waals surface area contributed by atoms with Crippen molar-refractivity contribution < 1.29 is 19.1 Å². The zero-order valence-corrected chi connectivity index (χ0v) is 17.7. The number of para-hydroxylation sites is 2. The van der Waals surface area contributed by atoms with E-state index < -0.39 is 11.2 Å². The predicted molar refractivity (Wildman–Crippen MR) is 115 cm³/mol. The Morgan fingerprint density at radius 1 is 1.17 bits per heavy atom. The highest BCUT2D eigenvalue weighted by Crippen LogP contribution is 2.44. The highest BCUT2D eigenvalue weighted by molar-refractivity contribution is 8.05. The van der Waals surface area contributed by atoms with Gasteiger partial charge in [-0.25, -0.2) is 0 Å². The maximum absolute atomic E-state index is 13.4. The molecule has 1 atom stereocenters. The van der Waals surface area contributed by atoms with Crippen LogP contribution in [-0.2, 0) is 16.0 Å². The van der Waals surface area contributed by atoms with Gasteiger partial charge in [0.15, 0.2) is 0 Å². The molecule has 7 nitrogen and oxygen atoms in total. The molecule has 30 heavy (non-hydrogen) atoms. The number of nitriles is 1. The van der Waals surface area contributed by atoms with Gasteiger partial charge in [-0.1, -0.05) is 36.0 Å². The quantitative estimate of drug-likeness (QED) is 0.567. The molecule has 0 aromatic heterocycles. The second-order valence-electron chi connectivity index (χ2n) is 6.38. The third-order valence-corrected chi connectivity index (χ3v) is 5.90. The topological polar surface area (TPSA) is 91.7 Å². The summed E-state index contributed by atoms with van der Waals surface area (Å²) >= 11 is 1.21. The normalized spacial score (nSPS) is 17.3. The van der Waals surface area contributed by atoms with Gasteiger partial charge in [-0.15, -0.1) is 0 Å². The number of amides is 2. The minimum Gasteiger partial charge on any atom is -0.497 e. The average molecular weight is 423 g/mol. The maximum atomic E-state index is 13.4. The number of carbonyl (C=O) groups is 2. The van der Waals surface area contributed by atoms with Gasteiger partial charge in [0.2, 0.25) is 5.91 Å². The zero-order chi connectivity index (χ0) is 21.7. The van der Waals surface area contributed by atoms with E-state index in [-0.39, 0.29) is 11.5 Å². The molecule has 1 aliphatic heterocycles. The molecule has 1 fully saturated rings. The summed E-state index contributed by atoms with van der Waals surface area (Å²) in [6, 6.07) is 16.4. The number of thioether (sulfide) groups is 1. The second kappa shape index (κ2) is 9.37. The van der Waals surface area contributed by atoms with E-state index in [0.717, 1.165) is 11.3 Å². The zero-order valence-electron chi connectivity index (χ0n) is 16.8. The Hall–Kier alpha value is -3.44. The fraction of sp³-hybridized carbons (Fsp3) is 0.227. The van der Waals surface area contributed by atoms with Crippen LogP contribution in [0.4, 0.5) is 5.69 Å². The number of rotatable bonds is 6. The number of nitrogens with zero attached hydrogens (tertiary/aromatic N) is 2. The van der Waals surface area contributed by atoms with Crippen LogP contribution >= 0.6 is 11.8 Å². The van der Waals surface area contributed by atoms with Gasteiger partial charge in [-0.3, -0.25) is 14.5 Å². The highest BCUT2D eigenvalue weighted by Gasteiger charge is 2.41. The first-order chi connectivity index (χ1) is 14.5. The third kappa shape index (κ3) is 4.11. The molecule has 0 saturated carbocycles. The lowest BCUT2D eigenvalue weighted by Crippen LogP contribution is -2.31. The molecule has 2 amide bonds. The van der Waals surface area contributed by atoms with Crippen molar-refractivity contribution in [1.82, 2.24) is 5.32 Å². The fourth-order valence-electron chi connectivity index (χ4n) is 3.12. The van der Waals surface area contributed by atoms with Gasteiger partial charge in [0.1, 0.15) is 28.2 Å². The van der Waals surface area contributed by atoms with E-state index in [1.54, 1.807) is 31.4 Å². The maximum Gasteiger partial charge on any atom is 0.264 e. The molecule has 0 bridgehead atoms. The first kappa shape index (κ1) is 21.3. The number of hydrogen-bond donors (Lipinski definition) is 1. The number of anilines is 1. The van der Waals surface area contributed by atoms with Crippen LogP contribution < -0.4 is 19.7 Å². The molecule has 1 unspecified atom stereocenters. The molecule has 1 N–H and O–H groups in total. The van der Waals surface area contributed by atoms with Crippen LogP contribution in [0, 0.1) is 11.3 Å². The highest BCUT2D eigenvalue weighted by atomic mass is 32.2.